The number of esters is 1. The van der Waals surface area contributed by atoms with Gasteiger partial charge in [0.05, 0.1) is 18.1 Å². The average Bonchev–Trinajstić information content (AvgIpc) is 3.27. The lowest BCUT2D eigenvalue weighted by Crippen LogP contribution is -2.66. The molecule has 4 N–H and O–H groups in total. The number of aliphatic hydroxyl groups is 4. The number of hydrogen-bond acceptors (Lipinski definition) is 8. The highest BCUT2D eigenvalue weighted by Gasteiger charge is 2.76. The zero-order chi connectivity index (χ0) is 26.5. The molecule has 1 aromatic rings. The van der Waals surface area contributed by atoms with Gasteiger partial charge in [0.25, 0.3) is 0 Å². The Morgan fingerprint density at radius 1 is 1.22 bits per heavy atom. The predicted molar refractivity (Wildman–Crippen MR) is 130 cm³/mol. The molecule has 36 heavy (non-hydrogen) atoms. The maximum Gasteiger partial charge on any atom is 0.342 e. The number of hydrogen-bond donors (Lipinski definition) is 4. The lowest BCUT2D eigenvalue weighted by atomic mass is 9.58. The minimum absolute atomic E-state index is 0.0124. The fourth-order valence-electron chi connectivity index (χ4n) is 8.13. The summed E-state index contributed by atoms with van der Waals surface area (Å²) in [5.41, 5.74) is -2.86. The number of rotatable bonds is 3. The van der Waals surface area contributed by atoms with Crippen LogP contribution in [0.25, 0.3) is 0 Å². The van der Waals surface area contributed by atoms with Crippen LogP contribution in [-0.2, 0) is 4.74 Å². The summed E-state index contributed by atoms with van der Waals surface area (Å²) in [5.74, 6) is -0.900. The Bertz CT molecular complexity index is 1210. The summed E-state index contributed by atoms with van der Waals surface area (Å²) in [6.45, 7) is 10.6. The summed E-state index contributed by atoms with van der Waals surface area (Å²) in [7, 11) is 0. The Labute approximate surface area is 210 Å². The second kappa shape index (κ2) is 7.87. The van der Waals surface area contributed by atoms with Crippen LogP contribution >= 0.6 is 0 Å². The first-order valence-electron chi connectivity index (χ1n) is 12.6. The van der Waals surface area contributed by atoms with Gasteiger partial charge >= 0.3 is 11.6 Å². The summed E-state index contributed by atoms with van der Waals surface area (Å²) < 4.78 is 11.0. The van der Waals surface area contributed by atoms with Gasteiger partial charge in [-0.15, -0.1) is 0 Å². The molecule has 1 aromatic heterocycles. The molecule has 1 spiro atoms. The summed E-state index contributed by atoms with van der Waals surface area (Å²) in [5, 5.41) is 46.3. The van der Waals surface area contributed by atoms with E-state index < -0.39 is 47.5 Å². The number of aliphatic hydroxyl groups excluding tert-OH is 3. The Morgan fingerprint density at radius 2 is 1.89 bits per heavy atom. The molecular formula is C28H36O8. The van der Waals surface area contributed by atoms with Gasteiger partial charge in [-0.25, -0.2) is 9.59 Å². The lowest BCUT2D eigenvalue weighted by molar-refractivity contribution is -0.215. The molecule has 0 aliphatic heterocycles. The third kappa shape index (κ3) is 3.01. The molecule has 9 atom stereocenters. The molecule has 0 amide bonds. The minimum atomic E-state index is -2.12. The van der Waals surface area contributed by atoms with E-state index in [1.807, 2.05) is 6.92 Å². The third-order valence-corrected chi connectivity index (χ3v) is 9.92. The molecule has 1 unspecified atom stereocenters. The highest BCUT2D eigenvalue weighted by molar-refractivity contribution is 5.92. The normalized spacial score (nSPS) is 42.3. The predicted octanol–water partition coefficient (Wildman–Crippen LogP) is 2.04. The standard InChI is InChI=1S/C28H36O8/c1-12-7-19(30)35-15(4)20(12)25(33)36-24-13(2)10-27-14(3)8-18-21(26(18,5)6)17(23(27)32)9-16(11-29)22(31)28(24,27)34/h7,9-10,14,17-18,21-24,29,31-32,34H,8,11H2,1-6H3/t14-,17+,18-,21+,22-,23?,24+,27+,28+/m1/s1. The molecule has 8 heteroatoms. The van der Waals surface area contributed by atoms with Crippen molar-refractivity contribution in [1.29, 1.82) is 0 Å². The van der Waals surface area contributed by atoms with Gasteiger partial charge in [-0.1, -0.05) is 32.9 Å². The Morgan fingerprint density at radius 3 is 2.50 bits per heavy atom. The molecule has 1 heterocycles. The van der Waals surface area contributed by atoms with Gasteiger partial charge in [0.1, 0.15) is 23.0 Å². The van der Waals surface area contributed by atoms with Crippen LogP contribution in [0.2, 0.25) is 0 Å². The van der Waals surface area contributed by atoms with Crippen LogP contribution in [-0.4, -0.2) is 56.9 Å². The molecule has 5 rings (SSSR count). The first-order valence-corrected chi connectivity index (χ1v) is 12.6. The number of carbonyl (C=O) groups is 1. The number of aryl methyl sites for hydroxylation is 2. The molecule has 0 radical (unpaired) electrons. The van der Waals surface area contributed by atoms with Gasteiger partial charge < -0.3 is 29.6 Å². The van der Waals surface area contributed by atoms with E-state index in [1.165, 1.54) is 13.0 Å². The van der Waals surface area contributed by atoms with E-state index >= 15 is 0 Å². The summed E-state index contributed by atoms with van der Waals surface area (Å²) in [4.78, 5) is 25.1. The van der Waals surface area contributed by atoms with Crippen LogP contribution in [0.4, 0.5) is 0 Å². The molecule has 0 aromatic carbocycles. The molecule has 2 saturated carbocycles. The van der Waals surface area contributed by atoms with E-state index in [1.54, 1.807) is 26.0 Å². The molecule has 8 nitrogen and oxygen atoms in total. The van der Waals surface area contributed by atoms with Gasteiger partial charge in [0, 0.05) is 12.0 Å². The number of ether oxygens (including phenoxy) is 1. The van der Waals surface area contributed by atoms with E-state index in [0.29, 0.717) is 17.1 Å². The SMILES string of the molecule is CC1=C[C@]23C(O)[C@@H](C=C(CO)[C@@H](O)[C@]2(O)[C@H]1OC(=O)c1c(C)cc(=O)oc1C)[C@H]1[C@@H](C[C@H]3C)C1(C)C. The molecule has 2 bridgehead atoms. The Balaban J connectivity index is 1.64. The summed E-state index contributed by atoms with van der Waals surface area (Å²) in [6.07, 6.45) is 0.316. The van der Waals surface area contributed by atoms with Crippen LogP contribution in [0.1, 0.15) is 55.8 Å². The fourth-order valence-corrected chi connectivity index (χ4v) is 8.13. The van der Waals surface area contributed by atoms with Gasteiger partial charge in [0.2, 0.25) is 0 Å². The summed E-state index contributed by atoms with van der Waals surface area (Å²) >= 11 is 0. The first kappa shape index (κ1) is 25.4. The van der Waals surface area contributed by atoms with Crippen molar-refractivity contribution in [3.05, 3.63) is 56.7 Å². The van der Waals surface area contributed by atoms with Crippen LogP contribution in [0.15, 0.2) is 38.6 Å². The first-order chi connectivity index (χ1) is 16.7. The highest BCUT2D eigenvalue weighted by Crippen LogP contribution is 2.72. The smallest absolute Gasteiger partial charge is 0.342 e. The van der Waals surface area contributed by atoms with Crippen LogP contribution in [0.5, 0.6) is 0 Å². The van der Waals surface area contributed by atoms with Crippen molar-refractivity contribution in [2.45, 2.75) is 71.9 Å². The van der Waals surface area contributed by atoms with Crippen molar-refractivity contribution in [1.82, 2.24) is 0 Å². The van der Waals surface area contributed by atoms with Crippen molar-refractivity contribution in [2.24, 2.45) is 34.5 Å². The van der Waals surface area contributed by atoms with E-state index in [9.17, 15) is 30.0 Å². The fraction of sp³-hybridized carbons (Fsp3) is 0.643. The lowest BCUT2D eigenvalue weighted by Gasteiger charge is -2.52. The van der Waals surface area contributed by atoms with Crippen LogP contribution in [0, 0.1) is 48.3 Å². The van der Waals surface area contributed by atoms with Crippen molar-refractivity contribution in [2.75, 3.05) is 6.61 Å². The number of fused-ring (bicyclic) bond motifs is 3. The number of carbonyl (C=O) groups excluding carboxylic acids is 1. The average molecular weight is 501 g/mol. The van der Waals surface area contributed by atoms with Gasteiger partial charge in [-0.05, 0) is 67.1 Å². The van der Waals surface area contributed by atoms with Gasteiger partial charge in [0.15, 0.2) is 6.10 Å². The molecule has 4 aliphatic rings. The molecule has 2 fully saturated rings. The van der Waals surface area contributed by atoms with E-state index in [4.69, 9.17) is 9.15 Å². The van der Waals surface area contributed by atoms with Gasteiger partial charge in [-0.2, -0.15) is 0 Å². The van der Waals surface area contributed by atoms with Crippen molar-refractivity contribution in [3.63, 3.8) is 0 Å². The summed E-state index contributed by atoms with van der Waals surface area (Å²) in [6, 6.07) is 1.19. The van der Waals surface area contributed by atoms with E-state index in [2.05, 4.69) is 13.8 Å². The molecule has 196 valence electrons. The molecule has 0 saturated heterocycles. The van der Waals surface area contributed by atoms with Gasteiger partial charge in [-0.3, -0.25) is 0 Å². The van der Waals surface area contributed by atoms with Crippen LogP contribution in [0.3, 0.4) is 0 Å². The largest absolute Gasteiger partial charge is 0.451 e. The maximum atomic E-state index is 13.4. The van der Waals surface area contributed by atoms with Crippen molar-refractivity contribution in [3.8, 4) is 0 Å². The van der Waals surface area contributed by atoms with Crippen molar-refractivity contribution >= 4 is 5.97 Å². The maximum absolute atomic E-state index is 13.4. The quantitative estimate of drug-likeness (QED) is 0.366. The Kier molecular flexibility index (Phi) is 5.55. The molecule has 4 aliphatic carbocycles. The Hall–Kier alpha value is -2.26. The van der Waals surface area contributed by atoms with E-state index in [-0.39, 0.29) is 40.1 Å². The third-order valence-electron chi connectivity index (χ3n) is 9.92. The van der Waals surface area contributed by atoms with Crippen molar-refractivity contribution < 1.29 is 34.4 Å². The minimum Gasteiger partial charge on any atom is -0.451 e. The molecular weight excluding hydrogens is 464 g/mol. The second-order valence-electron chi connectivity index (χ2n) is 12.0. The zero-order valence-corrected chi connectivity index (χ0v) is 21.6. The van der Waals surface area contributed by atoms with E-state index in [0.717, 1.165) is 6.42 Å². The van der Waals surface area contributed by atoms with Crippen LogP contribution < -0.4 is 5.63 Å². The second-order valence-corrected chi connectivity index (χ2v) is 12.0. The monoisotopic (exact) mass is 500 g/mol. The topological polar surface area (TPSA) is 137 Å². The zero-order valence-electron chi connectivity index (χ0n) is 21.6. The highest BCUT2D eigenvalue weighted by atomic mass is 16.6.